The Bertz CT molecular complexity index is 1780. The normalized spacial score (nSPS) is 11.6. The van der Waals surface area contributed by atoms with Crippen LogP contribution in [-0.2, 0) is 12.5 Å². The van der Waals surface area contributed by atoms with E-state index in [1.54, 1.807) is 0 Å². The molecular formula is C34H24F8N2O. The van der Waals surface area contributed by atoms with Gasteiger partial charge < -0.3 is 4.74 Å². The van der Waals surface area contributed by atoms with Crippen molar-refractivity contribution in [1.29, 1.82) is 0 Å². The quantitative estimate of drug-likeness (QED) is 0.0877. The number of alkyl halides is 2. The van der Waals surface area contributed by atoms with E-state index >= 15 is 8.78 Å². The summed E-state index contributed by atoms with van der Waals surface area (Å²) in [5.41, 5.74) is -0.429. The van der Waals surface area contributed by atoms with E-state index in [0.29, 0.717) is 23.8 Å². The summed E-state index contributed by atoms with van der Waals surface area (Å²) >= 11 is 0. The molecule has 11 heteroatoms. The summed E-state index contributed by atoms with van der Waals surface area (Å²) in [6.07, 6.45) is 2.22. The van der Waals surface area contributed by atoms with Gasteiger partial charge in [-0.05, 0) is 71.5 Å². The summed E-state index contributed by atoms with van der Waals surface area (Å²) < 4.78 is 120. The highest BCUT2D eigenvalue weighted by Crippen LogP contribution is 2.38. The van der Waals surface area contributed by atoms with Crippen LogP contribution in [0.3, 0.4) is 0 Å². The Labute approximate surface area is 253 Å². The second-order valence-corrected chi connectivity index (χ2v) is 10.3. The van der Waals surface area contributed by atoms with Gasteiger partial charge in [-0.3, -0.25) is 0 Å². The predicted molar refractivity (Wildman–Crippen MR) is 152 cm³/mol. The molecule has 0 bridgehead atoms. The third kappa shape index (κ3) is 6.97. The maximum Gasteiger partial charge on any atom is 0.432 e. The monoisotopic (exact) mass is 628 g/mol. The molecule has 0 aliphatic carbocycles. The minimum atomic E-state index is -4.52. The first-order chi connectivity index (χ1) is 21.5. The molecule has 0 saturated carbocycles. The number of hydrogen-bond acceptors (Lipinski definition) is 3. The lowest BCUT2D eigenvalue weighted by atomic mass is 9.99. The van der Waals surface area contributed by atoms with Crippen molar-refractivity contribution in [3.63, 3.8) is 0 Å². The van der Waals surface area contributed by atoms with E-state index in [1.165, 1.54) is 36.7 Å². The Morgan fingerprint density at radius 3 is 1.78 bits per heavy atom. The minimum absolute atomic E-state index is 0.0418. The van der Waals surface area contributed by atoms with E-state index in [1.807, 2.05) is 0 Å². The standard InChI is InChI=1S/C34H24F8N2O/c1-2-3-4-5-19-17-43-33(44-18-19)23-14-27(36)31(28(37)15-23)34(41,42)45-24-10-11-25(26(35)16-24)21-8-6-20(7-9-21)22-12-29(38)32(40)30(39)13-22/h6-18H,2-5H2,1H3. The molecule has 1 heterocycles. The highest BCUT2D eigenvalue weighted by Gasteiger charge is 2.41. The second kappa shape index (κ2) is 13.1. The molecule has 0 aliphatic rings. The molecule has 0 radical (unpaired) electrons. The van der Waals surface area contributed by atoms with Crippen LogP contribution in [0.5, 0.6) is 5.75 Å². The van der Waals surface area contributed by atoms with Gasteiger partial charge in [0.2, 0.25) is 0 Å². The first-order valence-corrected chi connectivity index (χ1v) is 13.9. The van der Waals surface area contributed by atoms with Gasteiger partial charge in [-0.25, -0.2) is 36.3 Å². The molecular weight excluding hydrogens is 604 g/mol. The number of aryl methyl sites for hydroxylation is 1. The van der Waals surface area contributed by atoms with Crippen molar-refractivity contribution in [2.45, 2.75) is 38.7 Å². The Morgan fingerprint density at radius 2 is 1.20 bits per heavy atom. The molecule has 3 nitrogen and oxygen atoms in total. The van der Waals surface area contributed by atoms with Crippen molar-refractivity contribution < 1.29 is 39.9 Å². The molecule has 4 aromatic carbocycles. The van der Waals surface area contributed by atoms with Crippen LogP contribution >= 0.6 is 0 Å². The van der Waals surface area contributed by atoms with E-state index in [9.17, 15) is 26.3 Å². The van der Waals surface area contributed by atoms with Crippen LogP contribution in [0.1, 0.15) is 37.3 Å². The van der Waals surface area contributed by atoms with Gasteiger partial charge in [-0.1, -0.05) is 44.0 Å². The summed E-state index contributed by atoms with van der Waals surface area (Å²) in [5, 5.41) is 0. The van der Waals surface area contributed by atoms with Gasteiger partial charge in [0.05, 0.1) is 0 Å². The molecule has 1 aromatic heterocycles. The highest BCUT2D eigenvalue weighted by atomic mass is 19.3. The fourth-order valence-corrected chi connectivity index (χ4v) is 4.75. The number of ether oxygens (including phenoxy) is 1. The van der Waals surface area contributed by atoms with Crippen LogP contribution in [0.25, 0.3) is 33.6 Å². The van der Waals surface area contributed by atoms with E-state index in [4.69, 9.17) is 0 Å². The van der Waals surface area contributed by atoms with Crippen molar-refractivity contribution in [2.24, 2.45) is 0 Å². The number of nitrogens with zero attached hydrogens (tertiary/aromatic N) is 2. The van der Waals surface area contributed by atoms with Gasteiger partial charge in [0.25, 0.3) is 0 Å². The molecule has 0 atom stereocenters. The molecule has 45 heavy (non-hydrogen) atoms. The van der Waals surface area contributed by atoms with E-state index in [2.05, 4.69) is 21.6 Å². The van der Waals surface area contributed by atoms with Gasteiger partial charge >= 0.3 is 6.11 Å². The lowest BCUT2D eigenvalue weighted by molar-refractivity contribution is -0.189. The van der Waals surface area contributed by atoms with E-state index < -0.39 is 52.3 Å². The van der Waals surface area contributed by atoms with E-state index in [-0.39, 0.29) is 28.1 Å². The number of rotatable bonds is 10. The van der Waals surface area contributed by atoms with Crippen LogP contribution in [0.2, 0.25) is 0 Å². The number of hydrogen-bond donors (Lipinski definition) is 0. The average Bonchev–Trinajstić information content (AvgIpc) is 2.99. The van der Waals surface area contributed by atoms with Crippen molar-refractivity contribution in [1.82, 2.24) is 9.97 Å². The molecule has 0 fully saturated rings. The SMILES string of the molecule is CCCCCc1cnc(-c2cc(F)c(C(F)(F)Oc3ccc(-c4ccc(-c5cc(F)c(F)c(F)c5)cc4)c(F)c3)c(F)c2)nc1. The zero-order chi connectivity index (χ0) is 32.3. The maximum absolute atomic E-state index is 15.0. The van der Waals surface area contributed by atoms with Crippen LogP contribution in [0.4, 0.5) is 35.1 Å². The minimum Gasteiger partial charge on any atom is -0.429 e. The number of unbranched alkanes of at least 4 members (excludes halogenated alkanes) is 2. The Morgan fingerprint density at radius 1 is 0.622 bits per heavy atom. The highest BCUT2D eigenvalue weighted by molar-refractivity contribution is 5.71. The fraction of sp³-hybridized carbons (Fsp3) is 0.176. The topological polar surface area (TPSA) is 35.0 Å². The smallest absolute Gasteiger partial charge is 0.429 e. The van der Waals surface area contributed by atoms with Crippen molar-refractivity contribution in [3.8, 4) is 39.4 Å². The number of aromatic nitrogens is 2. The third-order valence-electron chi connectivity index (χ3n) is 7.07. The van der Waals surface area contributed by atoms with Crippen LogP contribution in [-0.4, -0.2) is 9.97 Å². The molecule has 232 valence electrons. The summed E-state index contributed by atoms with van der Waals surface area (Å²) in [5.74, 6) is -9.33. The Kier molecular flexibility index (Phi) is 9.17. The van der Waals surface area contributed by atoms with Crippen molar-refractivity contribution in [2.75, 3.05) is 0 Å². The van der Waals surface area contributed by atoms with Gasteiger partial charge in [-0.15, -0.1) is 0 Å². The van der Waals surface area contributed by atoms with Gasteiger partial charge in [-0.2, -0.15) is 8.78 Å². The average molecular weight is 629 g/mol. The molecule has 0 unspecified atom stereocenters. The molecule has 0 amide bonds. The lowest BCUT2D eigenvalue weighted by Gasteiger charge is -2.20. The summed E-state index contributed by atoms with van der Waals surface area (Å²) in [6.45, 7) is 2.06. The third-order valence-corrected chi connectivity index (χ3v) is 7.07. The van der Waals surface area contributed by atoms with Gasteiger partial charge in [0.15, 0.2) is 23.3 Å². The van der Waals surface area contributed by atoms with Crippen LogP contribution in [0, 0.1) is 34.9 Å². The summed E-state index contributed by atoms with van der Waals surface area (Å²) in [4.78, 5) is 8.19. The molecule has 0 saturated heterocycles. The molecule has 5 aromatic rings. The van der Waals surface area contributed by atoms with Gasteiger partial charge in [0.1, 0.15) is 28.8 Å². The Balaban J connectivity index is 1.33. The molecule has 0 spiro atoms. The predicted octanol–water partition coefficient (Wildman–Crippen LogP) is 10.2. The number of benzene rings is 4. The zero-order valence-electron chi connectivity index (χ0n) is 23.7. The number of halogens is 8. The fourth-order valence-electron chi connectivity index (χ4n) is 4.75. The van der Waals surface area contributed by atoms with Crippen LogP contribution in [0.15, 0.2) is 79.1 Å². The summed E-state index contributed by atoms with van der Waals surface area (Å²) in [7, 11) is 0. The van der Waals surface area contributed by atoms with Crippen molar-refractivity contribution in [3.05, 3.63) is 125 Å². The largest absolute Gasteiger partial charge is 0.432 e. The summed E-state index contributed by atoms with van der Waals surface area (Å²) in [6, 6.07) is 11.3. The first-order valence-electron chi connectivity index (χ1n) is 13.9. The maximum atomic E-state index is 15.0. The molecule has 0 N–H and O–H groups in total. The van der Waals surface area contributed by atoms with Crippen molar-refractivity contribution >= 4 is 0 Å². The Hall–Kier alpha value is -4.80. The first kappa shape index (κ1) is 31.6. The molecule has 0 aliphatic heterocycles. The van der Waals surface area contributed by atoms with Crippen LogP contribution < -0.4 is 4.74 Å². The van der Waals surface area contributed by atoms with Gasteiger partial charge in [0, 0.05) is 29.6 Å². The lowest BCUT2D eigenvalue weighted by Crippen LogP contribution is -2.25. The van der Waals surface area contributed by atoms with E-state index in [0.717, 1.165) is 55.5 Å². The second-order valence-electron chi connectivity index (χ2n) is 10.3. The zero-order valence-corrected chi connectivity index (χ0v) is 23.7. The molecule has 5 rings (SSSR count).